The number of likely N-dealkylation sites (N-methyl/N-ethyl adjacent to an activating group) is 1. The zero-order valence-electron chi connectivity index (χ0n) is 15.7. The topological polar surface area (TPSA) is 60.8 Å². The van der Waals surface area contributed by atoms with E-state index in [9.17, 15) is 9.59 Å². The molecule has 2 heterocycles. The van der Waals surface area contributed by atoms with E-state index in [0.717, 1.165) is 31.4 Å². The molecule has 6 nitrogen and oxygen atoms in total. The van der Waals surface area contributed by atoms with Gasteiger partial charge in [0.2, 0.25) is 11.3 Å². The van der Waals surface area contributed by atoms with E-state index in [2.05, 4.69) is 18.9 Å². The zero-order valence-corrected chi connectivity index (χ0v) is 15.7. The lowest BCUT2D eigenvalue weighted by Gasteiger charge is -2.19. The van der Waals surface area contributed by atoms with Gasteiger partial charge in [0.25, 0.3) is 0 Å². The summed E-state index contributed by atoms with van der Waals surface area (Å²) in [4.78, 5) is 27.5. The molecule has 0 saturated carbocycles. The van der Waals surface area contributed by atoms with Gasteiger partial charge in [0.1, 0.15) is 6.10 Å². The van der Waals surface area contributed by atoms with E-state index in [4.69, 9.17) is 9.47 Å². The van der Waals surface area contributed by atoms with Gasteiger partial charge in [0, 0.05) is 11.9 Å². The van der Waals surface area contributed by atoms with E-state index >= 15 is 0 Å². The largest absolute Gasteiger partial charge is 0.472 e. The molecule has 0 aliphatic carbocycles. The molecule has 140 valence electrons. The maximum atomic E-state index is 12.9. The monoisotopic (exact) mass is 358 g/mol. The lowest BCUT2D eigenvalue weighted by molar-refractivity contribution is 0.0518. The van der Waals surface area contributed by atoms with Crippen molar-refractivity contribution in [2.75, 3.05) is 26.7 Å². The summed E-state index contributed by atoms with van der Waals surface area (Å²) >= 11 is 0. The van der Waals surface area contributed by atoms with Crippen LogP contribution in [-0.2, 0) is 11.3 Å². The van der Waals surface area contributed by atoms with Gasteiger partial charge in [0.05, 0.1) is 18.7 Å². The number of fused-ring (bicyclic) bond motifs is 3. The van der Waals surface area contributed by atoms with Crippen molar-refractivity contribution < 1.29 is 14.3 Å². The van der Waals surface area contributed by atoms with Crippen molar-refractivity contribution in [1.82, 2.24) is 9.47 Å². The molecular formula is C20H26N2O4. The number of benzene rings is 1. The van der Waals surface area contributed by atoms with Crippen LogP contribution in [0.3, 0.4) is 0 Å². The third kappa shape index (κ3) is 3.46. The first-order chi connectivity index (χ1) is 12.6. The molecule has 6 heteroatoms. The number of hydrogen-bond donors (Lipinski definition) is 0. The van der Waals surface area contributed by atoms with Gasteiger partial charge >= 0.3 is 5.97 Å². The molecule has 0 bridgehead atoms. The molecule has 1 aromatic heterocycles. The maximum absolute atomic E-state index is 12.9. The summed E-state index contributed by atoms with van der Waals surface area (Å²) in [6, 6.07) is 7.33. The van der Waals surface area contributed by atoms with Gasteiger partial charge in [-0.05, 0) is 39.1 Å². The Bertz CT molecular complexity index is 859. The van der Waals surface area contributed by atoms with E-state index in [0.29, 0.717) is 17.8 Å². The highest BCUT2D eigenvalue weighted by atomic mass is 16.5. The van der Waals surface area contributed by atoms with E-state index in [1.165, 1.54) is 0 Å². The van der Waals surface area contributed by atoms with E-state index in [1.807, 2.05) is 16.7 Å². The Morgan fingerprint density at radius 3 is 2.85 bits per heavy atom. The number of hydrogen-bond acceptors (Lipinski definition) is 5. The number of ether oxygens (including phenoxy) is 2. The first-order valence-corrected chi connectivity index (χ1v) is 9.24. The second-order valence-electron chi connectivity index (χ2n) is 6.71. The molecule has 1 aliphatic heterocycles. The maximum Gasteiger partial charge on any atom is 0.347 e. The lowest BCUT2D eigenvalue weighted by atomic mass is 10.1. The Hall–Kier alpha value is -2.34. The molecule has 0 N–H and O–H groups in total. The van der Waals surface area contributed by atoms with Gasteiger partial charge in [-0.3, -0.25) is 4.79 Å². The van der Waals surface area contributed by atoms with Crippen LogP contribution in [0.25, 0.3) is 10.9 Å². The number of aromatic nitrogens is 1. The molecular weight excluding hydrogens is 332 g/mol. The number of unbranched alkanes of at least 4 members (excludes halogenated alkanes) is 1. The van der Waals surface area contributed by atoms with Gasteiger partial charge < -0.3 is 18.9 Å². The number of pyridine rings is 1. The van der Waals surface area contributed by atoms with Gasteiger partial charge in [-0.25, -0.2) is 4.79 Å². The summed E-state index contributed by atoms with van der Waals surface area (Å²) in [6.45, 7) is 6.46. The van der Waals surface area contributed by atoms with Crippen molar-refractivity contribution >= 4 is 16.9 Å². The number of carbonyl (C=O) groups excluding carboxylic acids is 1. The molecule has 0 saturated heterocycles. The summed E-state index contributed by atoms with van der Waals surface area (Å²) in [5.74, 6) is -0.284. The first-order valence-electron chi connectivity index (χ1n) is 9.24. The molecule has 2 aromatic rings. The molecule has 0 amide bonds. The van der Waals surface area contributed by atoms with E-state index < -0.39 is 5.97 Å². The van der Waals surface area contributed by atoms with Crippen molar-refractivity contribution in [2.24, 2.45) is 0 Å². The Labute approximate surface area is 153 Å². The predicted molar refractivity (Wildman–Crippen MR) is 101 cm³/mol. The van der Waals surface area contributed by atoms with E-state index in [1.54, 1.807) is 19.1 Å². The minimum atomic E-state index is -0.619. The summed E-state index contributed by atoms with van der Waals surface area (Å²) in [5, 5.41) is 0.517. The summed E-state index contributed by atoms with van der Waals surface area (Å²) < 4.78 is 13.1. The Balaban J connectivity index is 1.99. The Morgan fingerprint density at radius 2 is 2.12 bits per heavy atom. The fourth-order valence-electron chi connectivity index (χ4n) is 3.42. The van der Waals surface area contributed by atoms with Crippen LogP contribution < -0.4 is 10.2 Å². The third-order valence-corrected chi connectivity index (χ3v) is 4.68. The minimum absolute atomic E-state index is 0.00395. The van der Waals surface area contributed by atoms with Crippen LogP contribution in [-0.4, -0.2) is 48.3 Å². The highest BCUT2D eigenvalue weighted by Crippen LogP contribution is 2.30. The second-order valence-corrected chi connectivity index (χ2v) is 6.71. The number of para-hydroxylation sites is 1. The number of esters is 1. The molecule has 1 aliphatic rings. The van der Waals surface area contributed by atoms with E-state index in [-0.39, 0.29) is 23.7 Å². The highest BCUT2D eigenvalue weighted by Gasteiger charge is 2.32. The first kappa shape index (κ1) is 18.5. The summed E-state index contributed by atoms with van der Waals surface area (Å²) in [7, 11) is 2.07. The molecule has 26 heavy (non-hydrogen) atoms. The molecule has 0 fully saturated rings. The Morgan fingerprint density at radius 1 is 1.35 bits per heavy atom. The number of rotatable bonds is 7. The smallest absolute Gasteiger partial charge is 0.347 e. The number of carbonyl (C=O) groups is 1. The second kappa shape index (κ2) is 7.91. The van der Waals surface area contributed by atoms with Gasteiger partial charge in [-0.2, -0.15) is 0 Å². The van der Waals surface area contributed by atoms with Gasteiger partial charge in [-0.15, -0.1) is 0 Å². The summed E-state index contributed by atoms with van der Waals surface area (Å²) in [6.07, 6.45) is 2.17. The standard InChI is InChI=1S/C20H26N2O4/c1-4-6-11-21(3)12-14-13-22-16-10-8-7-9-15(16)18(23)17(19(22)26-14)20(24)25-5-2/h7-10,14H,4-6,11-13H2,1-3H3. The van der Waals surface area contributed by atoms with Gasteiger partial charge in [0.15, 0.2) is 5.56 Å². The molecule has 1 aromatic carbocycles. The molecule has 0 radical (unpaired) electrons. The third-order valence-electron chi connectivity index (χ3n) is 4.68. The molecule has 0 spiro atoms. The molecule has 3 rings (SSSR count). The normalized spacial score (nSPS) is 15.9. The summed E-state index contributed by atoms with van der Waals surface area (Å²) in [5.41, 5.74) is 0.466. The van der Waals surface area contributed by atoms with Crippen molar-refractivity contribution in [1.29, 1.82) is 0 Å². The van der Waals surface area contributed by atoms with Crippen LogP contribution >= 0.6 is 0 Å². The van der Waals surface area contributed by atoms with Crippen LogP contribution in [0.2, 0.25) is 0 Å². The van der Waals surface area contributed by atoms with Crippen LogP contribution in [0.5, 0.6) is 5.88 Å². The predicted octanol–water partition coefficient (Wildman–Crippen LogP) is 2.67. The van der Waals surface area contributed by atoms with Gasteiger partial charge in [-0.1, -0.05) is 25.5 Å². The van der Waals surface area contributed by atoms with Crippen molar-refractivity contribution in [2.45, 2.75) is 39.3 Å². The molecule has 1 atom stereocenters. The van der Waals surface area contributed by atoms with Crippen molar-refractivity contribution in [3.63, 3.8) is 0 Å². The van der Waals surface area contributed by atoms with Crippen molar-refractivity contribution in [3.05, 3.63) is 40.1 Å². The quantitative estimate of drug-likeness (QED) is 0.712. The average molecular weight is 358 g/mol. The fraction of sp³-hybridized carbons (Fsp3) is 0.500. The molecule has 1 unspecified atom stereocenters. The SMILES string of the molecule is CCCCN(C)CC1Cn2c(c(C(=O)OCC)c(=O)c3ccccc32)O1. The Kier molecular flexibility index (Phi) is 5.61. The number of nitrogens with zero attached hydrogens (tertiary/aromatic N) is 2. The van der Waals surface area contributed by atoms with Crippen LogP contribution in [0.4, 0.5) is 0 Å². The average Bonchev–Trinajstić information content (AvgIpc) is 3.03. The zero-order chi connectivity index (χ0) is 18.7. The lowest BCUT2D eigenvalue weighted by Crippen LogP contribution is -2.33. The van der Waals surface area contributed by atoms with Crippen LogP contribution in [0.15, 0.2) is 29.1 Å². The highest BCUT2D eigenvalue weighted by molar-refractivity contribution is 5.96. The van der Waals surface area contributed by atoms with Crippen LogP contribution in [0, 0.1) is 0 Å². The minimum Gasteiger partial charge on any atom is -0.472 e. The van der Waals surface area contributed by atoms with Crippen molar-refractivity contribution in [3.8, 4) is 5.88 Å². The van der Waals surface area contributed by atoms with Crippen LogP contribution in [0.1, 0.15) is 37.0 Å². The fourth-order valence-corrected chi connectivity index (χ4v) is 3.42.